The minimum Gasteiger partial charge on any atom is -0.305 e. The van der Waals surface area contributed by atoms with Crippen molar-refractivity contribution in [1.82, 2.24) is 29.4 Å². The second-order valence-electron chi connectivity index (χ2n) is 6.61. The molecule has 0 bridgehead atoms. The van der Waals surface area contributed by atoms with Gasteiger partial charge in [-0.15, -0.1) is 0 Å². The van der Waals surface area contributed by atoms with Crippen LogP contribution in [0.5, 0.6) is 0 Å². The van der Waals surface area contributed by atoms with E-state index >= 15 is 0 Å². The quantitative estimate of drug-likeness (QED) is 0.823. The molecule has 3 heterocycles. The summed E-state index contributed by atoms with van der Waals surface area (Å²) in [6, 6.07) is 1.12. The lowest BCUT2D eigenvalue weighted by atomic mass is 10.0. The summed E-state index contributed by atoms with van der Waals surface area (Å²) >= 11 is 0. The zero-order chi connectivity index (χ0) is 15.7. The average Bonchev–Trinajstić information content (AvgIpc) is 3.14. The van der Waals surface area contributed by atoms with Crippen LogP contribution in [0, 0.1) is 0 Å². The van der Waals surface area contributed by atoms with Gasteiger partial charge in [0.15, 0.2) is 0 Å². The molecule has 1 aliphatic heterocycles. The van der Waals surface area contributed by atoms with Crippen molar-refractivity contribution in [3.8, 4) is 0 Å². The summed E-state index contributed by atoms with van der Waals surface area (Å²) in [5, 5.41) is 8.60. The Balaban J connectivity index is 1.75. The Morgan fingerprint density at radius 2 is 1.73 bits per heavy atom. The van der Waals surface area contributed by atoms with Gasteiger partial charge in [-0.3, -0.25) is 14.3 Å². The normalized spacial score (nSPS) is 22.8. The van der Waals surface area contributed by atoms with Crippen LogP contribution in [0.3, 0.4) is 0 Å². The van der Waals surface area contributed by atoms with Crippen LogP contribution in [0.15, 0.2) is 24.8 Å². The number of rotatable bonds is 5. The van der Waals surface area contributed by atoms with E-state index < -0.39 is 0 Å². The Hall–Kier alpha value is -1.66. The van der Waals surface area contributed by atoms with Crippen LogP contribution in [0.25, 0.3) is 0 Å². The molecular weight excluding hydrogens is 276 g/mol. The number of hydrogen-bond acceptors (Lipinski definition) is 4. The Kier molecular flexibility index (Phi) is 4.31. The highest BCUT2D eigenvalue weighted by atomic mass is 15.3. The van der Waals surface area contributed by atoms with E-state index in [9.17, 15) is 0 Å². The lowest BCUT2D eigenvalue weighted by Crippen LogP contribution is -2.43. The first-order valence-corrected chi connectivity index (χ1v) is 7.88. The lowest BCUT2D eigenvalue weighted by Gasteiger charge is -2.31. The second-order valence-corrected chi connectivity index (χ2v) is 6.61. The van der Waals surface area contributed by atoms with Gasteiger partial charge in [0.1, 0.15) is 0 Å². The highest BCUT2D eigenvalue weighted by Gasteiger charge is 2.35. The van der Waals surface area contributed by atoms with Crippen molar-refractivity contribution in [3.05, 3.63) is 35.9 Å². The summed E-state index contributed by atoms with van der Waals surface area (Å²) in [5.41, 5.74) is 2.61. The minimum absolute atomic E-state index is 0.527. The zero-order valence-electron chi connectivity index (χ0n) is 14.0. The van der Waals surface area contributed by atoms with Gasteiger partial charge in [0.25, 0.3) is 0 Å². The standard InChI is InChI=1S/C16H26N6/c1-19(2)15-5-6-22(12-14-9-18-21(4)11-14)16(15)7-13-8-17-20(3)10-13/h8-11,15-16H,5-7,12H2,1-4H3/t15-,16+/m1/s1. The largest absolute Gasteiger partial charge is 0.305 e. The van der Waals surface area contributed by atoms with Gasteiger partial charge in [-0.2, -0.15) is 10.2 Å². The topological polar surface area (TPSA) is 42.1 Å². The third kappa shape index (κ3) is 3.23. The van der Waals surface area contributed by atoms with Crippen molar-refractivity contribution in [2.24, 2.45) is 14.1 Å². The summed E-state index contributed by atoms with van der Waals surface area (Å²) in [7, 11) is 8.33. The van der Waals surface area contributed by atoms with Crippen LogP contribution < -0.4 is 0 Å². The third-order valence-corrected chi connectivity index (χ3v) is 4.64. The average molecular weight is 302 g/mol. The molecule has 0 amide bonds. The van der Waals surface area contributed by atoms with Gasteiger partial charge in [-0.05, 0) is 32.5 Å². The molecule has 2 aromatic rings. The van der Waals surface area contributed by atoms with E-state index in [4.69, 9.17) is 0 Å². The maximum absolute atomic E-state index is 4.31. The van der Waals surface area contributed by atoms with Crippen LogP contribution in [-0.4, -0.2) is 62.1 Å². The Bertz CT molecular complexity index is 614. The van der Waals surface area contributed by atoms with Crippen LogP contribution in [0.2, 0.25) is 0 Å². The van der Waals surface area contributed by atoms with E-state index in [2.05, 4.69) is 46.5 Å². The number of likely N-dealkylation sites (tertiary alicyclic amines) is 1. The monoisotopic (exact) mass is 302 g/mol. The van der Waals surface area contributed by atoms with Gasteiger partial charge in [0.05, 0.1) is 12.4 Å². The molecule has 2 aromatic heterocycles. The molecule has 0 radical (unpaired) electrons. The molecule has 2 atom stereocenters. The van der Waals surface area contributed by atoms with E-state index in [1.807, 2.05) is 35.9 Å². The first-order valence-electron chi connectivity index (χ1n) is 7.88. The van der Waals surface area contributed by atoms with Gasteiger partial charge in [-0.1, -0.05) is 0 Å². The van der Waals surface area contributed by atoms with Crippen molar-refractivity contribution in [1.29, 1.82) is 0 Å². The SMILES string of the molecule is CN(C)[C@@H]1CCN(Cc2cnn(C)c2)[C@H]1Cc1cnn(C)c1. The first kappa shape index (κ1) is 15.2. The number of aryl methyl sites for hydroxylation is 2. The highest BCUT2D eigenvalue weighted by Crippen LogP contribution is 2.26. The van der Waals surface area contributed by atoms with E-state index in [0.717, 1.165) is 19.5 Å². The number of aromatic nitrogens is 4. The van der Waals surface area contributed by atoms with Gasteiger partial charge in [0, 0.05) is 57.2 Å². The Morgan fingerprint density at radius 3 is 2.27 bits per heavy atom. The fourth-order valence-corrected chi connectivity index (χ4v) is 3.57. The van der Waals surface area contributed by atoms with E-state index in [0.29, 0.717) is 12.1 Å². The minimum atomic E-state index is 0.527. The van der Waals surface area contributed by atoms with Crippen molar-refractivity contribution < 1.29 is 0 Å². The van der Waals surface area contributed by atoms with Gasteiger partial charge >= 0.3 is 0 Å². The summed E-state index contributed by atoms with van der Waals surface area (Å²) in [4.78, 5) is 4.96. The summed E-state index contributed by atoms with van der Waals surface area (Å²) in [5.74, 6) is 0. The third-order valence-electron chi connectivity index (χ3n) is 4.64. The second kappa shape index (κ2) is 6.22. The summed E-state index contributed by atoms with van der Waals surface area (Å²) in [6.07, 6.45) is 10.5. The number of hydrogen-bond donors (Lipinski definition) is 0. The Morgan fingerprint density at radius 1 is 1.09 bits per heavy atom. The molecule has 0 aliphatic carbocycles. The maximum atomic E-state index is 4.31. The van der Waals surface area contributed by atoms with E-state index in [1.54, 1.807) is 0 Å². The molecule has 1 aliphatic rings. The summed E-state index contributed by atoms with van der Waals surface area (Å²) < 4.78 is 3.77. The lowest BCUT2D eigenvalue weighted by molar-refractivity contribution is 0.178. The van der Waals surface area contributed by atoms with Crippen molar-refractivity contribution in [2.45, 2.75) is 31.5 Å². The molecule has 3 rings (SSSR count). The maximum Gasteiger partial charge on any atom is 0.0534 e. The predicted octanol–water partition coefficient (Wildman–Crippen LogP) is 0.901. The smallest absolute Gasteiger partial charge is 0.0534 e. The predicted molar refractivity (Wildman–Crippen MR) is 86.4 cm³/mol. The zero-order valence-corrected chi connectivity index (χ0v) is 14.0. The number of nitrogens with zero attached hydrogens (tertiary/aromatic N) is 6. The molecule has 0 saturated carbocycles. The van der Waals surface area contributed by atoms with Crippen LogP contribution in [0.4, 0.5) is 0 Å². The highest BCUT2D eigenvalue weighted by molar-refractivity contribution is 5.11. The van der Waals surface area contributed by atoms with Crippen LogP contribution >= 0.6 is 0 Å². The molecule has 1 fully saturated rings. The van der Waals surface area contributed by atoms with E-state index in [-0.39, 0.29) is 0 Å². The summed E-state index contributed by atoms with van der Waals surface area (Å²) in [6.45, 7) is 2.12. The molecule has 22 heavy (non-hydrogen) atoms. The fraction of sp³-hybridized carbons (Fsp3) is 0.625. The molecule has 1 saturated heterocycles. The van der Waals surface area contributed by atoms with Gasteiger partial charge in [-0.25, -0.2) is 0 Å². The van der Waals surface area contributed by atoms with Crippen molar-refractivity contribution in [2.75, 3.05) is 20.6 Å². The van der Waals surface area contributed by atoms with Gasteiger partial charge in [0.2, 0.25) is 0 Å². The molecule has 0 aromatic carbocycles. The Labute approximate surface area is 132 Å². The molecule has 6 heteroatoms. The fourth-order valence-electron chi connectivity index (χ4n) is 3.57. The molecule has 0 N–H and O–H groups in total. The molecule has 6 nitrogen and oxygen atoms in total. The van der Waals surface area contributed by atoms with Crippen LogP contribution in [0.1, 0.15) is 17.5 Å². The number of likely N-dealkylation sites (N-methyl/N-ethyl adjacent to an activating group) is 1. The molecule has 120 valence electrons. The van der Waals surface area contributed by atoms with Crippen molar-refractivity contribution in [3.63, 3.8) is 0 Å². The molecule has 0 spiro atoms. The van der Waals surface area contributed by atoms with Crippen LogP contribution in [-0.2, 0) is 27.1 Å². The van der Waals surface area contributed by atoms with Crippen molar-refractivity contribution >= 4 is 0 Å². The molecule has 0 unspecified atom stereocenters. The van der Waals surface area contributed by atoms with Gasteiger partial charge < -0.3 is 4.90 Å². The molecular formula is C16H26N6. The first-order chi connectivity index (χ1) is 10.5. The van der Waals surface area contributed by atoms with E-state index in [1.165, 1.54) is 17.5 Å².